The first-order valence-electron chi connectivity index (χ1n) is 9.24. The molecule has 1 amide bonds. The number of nitrogens with zero attached hydrogens (tertiary/aromatic N) is 2. The number of carbonyl (C=O) groups excluding carboxylic acids is 1. The minimum atomic E-state index is -4.39. The Hall–Kier alpha value is -1.93. The van der Waals surface area contributed by atoms with E-state index in [2.05, 4.69) is 11.9 Å². The highest BCUT2D eigenvalue weighted by Crippen LogP contribution is 2.33. The topological polar surface area (TPSA) is 42.4 Å². The lowest BCUT2D eigenvalue weighted by atomic mass is 9.93. The summed E-state index contributed by atoms with van der Waals surface area (Å²) in [6, 6.07) is 5.09. The van der Waals surface area contributed by atoms with E-state index in [1.54, 1.807) is 11.4 Å². The molecule has 152 valence electrons. The van der Waals surface area contributed by atoms with Crippen molar-refractivity contribution in [3.05, 3.63) is 40.9 Å². The quantitative estimate of drug-likeness (QED) is 0.709. The molecular weight excluding hydrogens is 389 g/mol. The molecular formula is C20H23F3N2O2S. The van der Waals surface area contributed by atoms with Crippen LogP contribution in [0.15, 0.2) is 29.6 Å². The number of carbonyl (C=O) groups is 1. The van der Waals surface area contributed by atoms with Crippen LogP contribution >= 0.6 is 11.3 Å². The highest BCUT2D eigenvalue weighted by molar-refractivity contribution is 7.13. The summed E-state index contributed by atoms with van der Waals surface area (Å²) in [5, 5.41) is 2.22. The number of alkyl halides is 3. The molecule has 1 aliphatic heterocycles. The number of hydrogen-bond donors (Lipinski definition) is 0. The van der Waals surface area contributed by atoms with Crippen molar-refractivity contribution in [2.24, 2.45) is 0 Å². The van der Waals surface area contributed by atoms with Gasteiger partial charge in [0, 0.05) is 30.6 Å². The zero-order chi connectivity index (χ0) is 20.4. The second kappa shape index (κ2) is 8.21. The maximum Gasteiger partial charge on any atom is 0.416 e. The van der Waals surface area contributed by atoms with E-state index in [1.807, 2.05) is 11.8 Å². The van der Waals surface area contributed by atoms with E-state index in [0.29, 0.717) is 36.0 Å². The van der Waals surface area contributed by atoms with Crippen LogP contribution in [0.2, 0.25) is 0 Å². The van der Waals surface area contributed by atoms with Gasteiger partial charge in [0.05, 0.1) is 23.3 Å². The summed E-state index contributed by atoms with van der Waals surface area (Å²) in [7, 11) is 0. The molecule has 4 nitrogen and oxygen atoms in total. The molecule has 1 aromatic heterocycles. The van der Waals surface area contributed by atoms with Gasteiger partial charge < -0.3 is 9.64 Å². The van der Waals surface area contributed by atoms with Crippen LogP contribution in [-0.2, 0) is 22.1 Å². The largest absolute Gasteiger partial charge is 0.416 e. The number of likely N-dealkylation sites (tertiary alicyclic amines) is 1. The Morgan fingerprint density at radius 1 is 1.32 bits per heavy atom. The number of aromatic nitrogens is 1. The van der Waals surface area contributed by atoms with E-state index in [9.17, 15) is 18.0 Å². The lowest BCUT2D eigenvalue weighted by molar-refractivity contribution is -0.138. The van der Waals surface area contributed by atoms with Crippen molar-refractivity contribution in [1.82, 2.24) is 9.88 Å². The Balaban J connectivity index is 1.63. The average molecular weight is 412 g/mol. The zero-order valence-corrected chi connectivity index (χ0v) is 16.7. The first-order valence-corrected chi connectivity index (χ1v) is 10.1. The number of ether oxygens (including phenoxy) is 1. The number of hydrogen-bond acceptors (Lipinski definition) is 4. The van der Waals surface area contributed by atoms with Gasteiger partial charge in [0.25, 0.3) is 0 Å². The highest BCUT2D eigenvalue weighted by Gasteiger charge is 2.33. The molecule has 1 aliphatic rings. The monoisotopic (exact) mass is 412 g/mol. The number of piperidine rings is 1. The van der Waals surface area contributed by atoms with Crippen LogP contribution in [0.5, 0.6) is 0 Å². The molecule has 8 heteroatoms. The van der Waals surface area contributed by atoms with Crippen molar-refractivity contribution in [2.75, 3.05) is 19.7 Å². The summed E-state index contributed by atoms with van der Waals surface area (Å²) in [4.78, 5) is 18.8. The Kier molecular flexibility index (Phi) is 6.09. The molecule has 0 bridgehead atoms. The van der Waals surface area contributed by atoms with Crippen molar-refractivity contribution in [3.63, 3.8) is 0 Å². The number of thiazole rings is 1. The predicted molar refractivity (Wildman–Crippen MR) is 102 cm³/mol. The van der Waals surface area contributed by atoms with Gasteiger partial charge in [0.1, 0.15) is 5.01 Å². The summed E-state index contributed by atoms with van der Waals surface area (Å²) >= 11 is 1.25. The second-order valence-electron chi connectivity index (χ2n) is 7.16. The highest BCUT2D eigenvalue weighted by atomic mass is 32.1. The van der Waals surface area contributed by atoms with Gasteiger partial charge in [-0.05, 0) is 38.8 Å². The SMILES string of the molecule is CCOC1(C)CCN(C(=O)Cc2csc(-c3cccc(C(F)(F)F)c3)n2)CC1. The average Bonchev–Trinajstić information content (AvgIpc) is 3.10. The van der Waals surface area contributed by atoms with Gasteiger partial charge in [0.2, 0.25) is 5.91 Å². The van der Waals surface area contributed by atoms with Crippen LogP contribution < -0.4 is 0 Å². The lowest BCUT2D eigenvalue weighted by Gasteiger charge is -2.39. The van der Waals surface area contributed by atoms with Crippen molar-refractivity contribution < 1.29 is 22.7 Å². The standard InChI is InChI=1S/C20H23F3N2O2S/c1-3-27-19(2)7-9-25(10-8-19)17(26)12-16-13-28-18(24-16)14-5-4-6-15(11-14)20(21,22)23/h4-6,11,13H,3,7-10,12H2,1-2H3. The van der Waals surface area contributed by atoms with E-state index in [-0.39, 0.29) is 17.9 Å². The molecule has 2 aromatic rings. The van der Waals surface area contributed by atoms with Crippen LogP contribution in [0.25, 0.3) is 10.6 Å². The second-order valence-corrected chi connectivity index (χ2v) is 8.02. The molecule has 3 rings (SSSR count). The number of benzene rings is 1. The van der Waals surface area contributed by atoms with Crippen molar-refractivity contribution in [1.29, 1.82) is 0 Å². The molecule has 0 atom stereocenters. The molecule has 1 aromatic carbocycles. The van der Waals surface area contributed by atoms with Gasteiger partial charge >= 0.3 is 6.18 Å². The Morgan fingerprint density at radius 3 is 2.68 bits per heavy atom. The summed E-state index contributed by atoms with van der Waals surface area (Å²) in [5.41, 5.74) is 0.107. The summed E-state index contributed by atoms with van der Waals surface area (Å²) in [6.45, 7) is 5.97. The lowest BCUT2D eigenvalue weighted by Crippen LogP contribution is -2.47. The molecule has 0 N–H and O–H groups in total. The van der Waals surface area contributed by atoms with E-state index in [0.717, 1.165) is 25.0 Å². The fourth-order valence-electron chi connectivity index (χ4n) is 3.34. The van der Waals surface area contributed by atoms with Gasteiger partial charge in [-0.3, -0.25) is 4.79 Å². The van der Waals surface area contributed by atoms with E-state index in [1.165, 1.54) is 17.4 Å². The van der Waals surface area contributed by atoms with Crippen molar-refractivity contribution in [3.8, 4) is 10.6 Å². The van der Waals surface area contributed by atoms with Gasteiger partial charge in [-0.15, -0.1) is 11.3 Å². The summed E-state index contributed by atoms with van der Waals surface area (Å²) < 4.78 is 44.5. The van der Waals surface area contributed by atoms with Crippen LogP contribution in [0.3, 0.4) is 0 Å². The molecule has 0 radical (unpaired) electrons. The number of halogens is 3. The maximum absolute atomic E-state index is 12.9. The fraction of sp³-hybridized carbons (Fsp3) is 0.500. The van der Waals surface area contributed by atoms with Crippen LogP contribution in [0.1, 0.15) is 37.9 Å². The molecule has 1 fully saturated rings. The Morgan fingerprint density at radius 2 is 2.04 bits per heavy atom. The summed E-state index contributed by atoms with van der Waals surface area (Å²) in [5.74, 6) is -0.0144. The van der Waals surface area contributed by atoms with Crippen LogP contribution in [0, 0.1) is 0 Å². The normalized spacial score (nSPS) is 17.0. The van der Waals surface area contributed by atoms with Gasteiger partial charge in [-0.1, -0.05) is 12.1 Å². The summed E-state index contributed by atoms with van der Waals surface area (Å²) in [6.07, 6.45) is -2.66. The first-order chi connectivity index (χ1) is 13.2. The Bertz CT molecular complexity index is 827. The number of rotatable bonds is 5. The minimum absolute atomic E-state index is 0.0144. The Labute approximate surface area is 166 Å². The van der Waals surface area contributed by atoms with E-state index >= 15 is 0 Å². The fourth-order valence-corrected chi connectivity index (χ4v) is 4.15. The maximum atomic E-state index is 12.9. The van der Waals surface area contributed by atoms with Gasteiger partial charge in [-0.2, -0.15) is 13.2 Å². The smallest absolute Gasteiger partial charge is 0.375 e. The minimum Gasteiger partial charge on any atom is -0.375 e. The third kappa shape index (κ3) is 4.91. The van der Waals surface area contributed by atoms with Crippen molar-refractivity contribution >= 4 is 17.2 Å². The third-order valence-corrected chi connectivity index (χ3v) is 5.93. The molecule has 2 heterocycles. The molecule has 0 unspecified atom stereocenters. The molecule has 1 saturated heterocycles. The molecule has 0 aliphatic carbocycles. The van der Waals surface area contributed by atoms with Gasteiger partial charge in [-0.25, -0.2) is 4.98 Å². The first kappa shape index (κ1) is 20.8. The molecule has 0 saturated carbocycles. The van der Waals surface area contributed by atoms with Gasteiger partial charge in [0.15, 0.2) is 0 Å². The van der Waals surface area contributed by atoms with E-state index in [4.69, 9.17) is 4.74 Å². The third-order valence-electron chi connectivity index (χ3n) is 4.99. The predicted octanol–water partition coefficient (Wildman–Crippen LogP) is 4.79. The zero-order valence-electron chi connectivity index (χ0n) is 15.9. The molecule has 0 spiro atoms. The van der Waals surface area contributed by atoms with E-state index < -0.39 is 11.7 Å². The molecule has 28 heavy (non-hydrogen) atoms. The van der Waals surface area contributed by atoms with Crippen LogP contribution in [-0.4, -0.2) is 41.1 Å². The number of amides is 1. The van der Waals surface area contributed by atoms with Crippen molar-refractivity contribution in [2.45, 2.75) is 44.9 Å². The van der Waals surface area contributed by atoms with Crippen LogP contribution in [0.4, 0.5) is 13.2 Å².